The molecule has 0 saturated carbocycles. The highest BCUT2D eigenvalue weighted by Gasteiger charge is 2.43. The van der Waals surface area contributed by atoms with E-state index < -0.39 is 51.0 Å². The number of carbonyl (C=O) groups excluding carboxylic acids is 4. The Bertz CT molecular complexity index is 811. The van der Waals surface area contributed by atoms with Crippen LogP contribution in [-0.2, 0) is 38.1 Å². The largest absolute Gasteiger partial charge is 0.464 e. The molecule has 0 aromatic carbocycles. The molecule has 0 radical (unpaired) electrons. The lowest BCUT2D eigenvalue weighted by atomic mass is 9.83. The van der Waals surface area contributed by atoms with Gasteiger partial charge in [-0.25, -0.2) is 0 Å². The van der Waals surface area contributed by atoms with E-state index in [2.05, 4.69) is 0 Å². The van der Waals surface area contributed by atoms with Crippen LogP contribution in [0.25, 0.3) is 0 Å². The van der Waals surface area contributed by atoms with Crippen molar-refractivity contribution in [2.24, 2.45) is 50.7 Å². The summed E-state index contributed by atoms with van der Waals surface area (Å²) in [6, 6.07) is 0. The van der Waals surface area contributed by atoms with Crippen molar-refractivity contribution in [3.05, 3.63) is 0 Å². The maximum absolute atomic E-state index is 13.4. The highest BCUT2D eigenvalue weighted by Crippen LogP contribution is 2.34. The molecule has 0 aromatic heterocycles. The standard InChI is InChI=1S/C37H68O8/c1-25(2)17-33(9,10)29(38)42-21-37(22-43-30(39)34(11,12)18-26(3)4,23-44-31(40)35(13,14)19-27(5)6)24-45-32(41)36(15,16)20-28(7)8/h25-28H,17-24H2,1-16H3. The predicted octanol–water partition coefficient (Wildman–Crippen LogP) is 8.43. The first kappa shape index (κ1) is 42.9. The maximum atomic E-state index is 13.4. The van der Waals surface area contributed by atoms with Crippen LogP contribution in [0.15, 0.2) is 0 Å². The van der Waals surface area contributed by atoms with Crippen LogP contribution in [0.1, 0.15) is 136 Å². The third-order valence-electron chi connectivity index (χ3n) is 7.92. The number of ether oxygens (including phenoxy) is 4. The van der Waals surface area contributed by atoms with Gasteiger partial charge in [0.15, 0.2) is 0 Å². The fraction of sp³-hybridized carbons (Fsp3) is 0.892. The molecule has 0 saturated heterocycles. The molecule has 0 N–H and O–H groups in total. The second-order valence-corrected chi connectivity index (χ2v) is 17.7. The quantitative estimate of drug-likeness (QED) is 0.0964. The number of hydrogen-bond acceptors (Lipinski definition) is 8. The smallest absolute Gasteiger partial charge is 0.311 e. The molecule has 0 fully saturated rings. The third kappa shape index (κ3) is 15.3. The van der Waals surface area contributed by atoms with Crippen molar-refractivity contribution < 1.29 is 38.1 Å². The lowest BCUT2D eigenvalue weighted by molar-refractivity contribution is -0.183. The summed E-state index contributed by atoms with van der Waals surface area (Å²) in [7, 11) is 0. The van der Waals surface area contributed by atoms with Crippen molar-refractivity contribution in [2.45, 2.75) is 136 Å². The van der Waals surface area contributed by atoms with Crippen molar-refractivity contribution >= 4 is 23.9 Å². The van der Waals surface area contributed by atoms with Gasteiger partial charge in [-0.3, -0.25) is 19.2 Å². The van der Waals surface area contributed by atoms with E-state index >= 15 is 0 Å². The van der Waals surface area contributed by atoms with Crippen LogP contribution in [0.5, 0.6) is 0 Å². The predicted molar refractivity (Wildman–Crippen MR) is 179 cm³/mol. The molecule has 0 aromatic rings. The Morgan fingerprint density at radius 1 is 0.378 bits per heavy atom. The Kier molecular flexibility index (Phi) is 16.3. The Morgan fingerprint density at radius 3 is 0.667 bits per heavy atom. The molecule has 0 aliphatic rings. The zero-order valence-electron chi connectivity index (χ0n) is 31.7. The molecule has 45 heavy (non-hydrogen) atoms. The van der Waals surface area contributed by atoms with Gasteiger partial charge in [0, 0.05) is 0 Å². The van der Waals surface area contributed by atoms with Gasteiger partial charge in [0.25, 0.3) is 0 Å². The van der Waals surface area contributed by atoms with Gasteiger partial charge in [0.2, 0.25) is 0 Å². The van der Waals surface area contributed by atoms with E-state index in [0.717, 1.165) is 0 Å². The van der Waals surface area contributed by atoms with Crippen molar-refractivity contribution in [1.29, 1.82) is 0 Å². The number of hydrogen-bond donors (Lipinski definition) is 0. The van der Waals surface area contributed by atoms with Crippen molar-refractivity contribution in [1.82, 2.24) is 0 Å². The van der Waals surface area contributed by atoms with Crippen LogP contribution in [-0.4, -0.2) is 50.3 Å². The van der Waals surface area contributed by atoms with E-state index in [1.807, 2.05) is 111 Å². The molecule has 0 amide bonds. The van der Waals surface area contributed by atoms with Crippen LogP contribution >= 0.6 is 0 Å². The average molecular weight is 641 g/mol. The highest BCUT2D eigenvalue weighted by atomic mass is 16.6. The minimum Gasteiger partial charge on any atom is -0.464 e. The van der Waals surface area contributed by atoms with Gasteiger partial charge < -0.3 is 18.9 Å². The highest BCUT2D eigenvalue weighted by molar-refractivity contribution is 5.78. The van der Waals surface area contributed by atoms with Gasteiger partial charge in [-0.05, 0) is 105 Å². The van der Waals surface area contributed by atoms with E-state index in [0.29, 0.717) is 25.7 Å². The molecule has 0 aliphatic carbocycles. The van der Waals surface area contributed by atoms with Gasteiger partial charge in [-0.2, -0.15) is 0 Å². The molecular weight excluding hydrogens is 572 g/mol. The summed E-state index contributed by atoms with van der Waals surface area (Å²) >= 11 is 0. The summed E-state index contributed by atoms with van der Waals surface area (Å²) < 4.78 is 23.6. The fourth-order valence-electron chi connectivity index (χ4n) is 6.32. The second kappa shape index (κ2) is 17.2. The average Bonchev–Trinajstić information content (AvgIpc) is 2.83. The zero-order chi connectivity index (χ0) is 35.6. The van der Waals surface area contributed by atoms with Gasteiger partial charge in [0.05, 0.1) is 21.7 Å². The molecular formula is C37H68O8. The van der Waals surface area contributed by atoms with E-state index in [1.165, 1.54) is 0 Å². The summed E-state index contributed by atoms with van der Waals surface area (Å²) in [6.45, 7) is 29.9. The topological polar surface area (TPSA) is 105 Å². The number of rotatable bonds is 20. The summed E-state index contributed by atoms with van der Waals surface area (Å²) in [5.41, 5.74) is -4.42. The first-order valence-electron chi connectivity index (χ1n) is 16.9. The van der Waals surface area contributed by atoms with E-state index in [-0.39, 0.29) is 50.1 Å². The molecule has 8 nitrogen and oxygen atoms in total. The SMILES string of the molecule is CC(C)CC(C)(C)C(=O)OCC(COC(=O)C(C)(C)CC(C)C)(COC(=O)C(C)(C)CC(C)C)COC(=O)C(C)(C)CC(C)C. The Hall–Kier alpha value is -2.12. The minimum absolute atomic E-state index is 0.259. The van der Waals surface area contributed by atoms with Crippen LogP contribution in [0.4, 0.5) is 0 Å². The fourth-order valence-corrected chi connectivity index (χ4v) is 6.32. The first-order chi connectivity index (χ1) is 20.2. The van der Waals surface area contributed by atoms with E-state index in [9.17, 15) is 19.2 Å². The summed E-state index contributed by atoms with van der Waals surface area (Å²) in [6.07, 6.45) is 2.42. The Labute approximate surface area is 275 Å². The Morgan fingerprint density at radius 2 is 0.533 bits per heavy atom. The molecule has 8 heteroatoms. The van der Waals surface area contributed by atoms with Gasteiger partial charge >= 0.3 is 23.9 Å². The number of esters is 4. The minimum atomic E-state index is -1.32. The van der Waals surface area contributed by atoms with Crippen molar-refractivity contribution in [2.75, 3.05) is 26.4 Å². The number of carbonyl (C=O) groups is 4. The zero-order valence-corrected chi connectivity index (χ0v) is 31.7. The van der Waals surface area contributed by atoms with Crippen LogP contribution in [0, 0.1) is 50.7 Å². The second-order valence-electron chi connectivity index (χ2n) is 17.7. The molecule has 0 spiro atoms. The van der Waals surface area contributed by atoms with Gasteiger partial charge in [-0.1, -0.05) is 55.4 Å². The van der Waals surface area contributed by atoms with Gasteiger partial charge in [0.1, 0.15) is 31.8 Å². The molecule has 264 valence electrons. The van der Waals surface area contributed by atoms with Crippen LogP contribution < -0.4 is 0 Å². The van der Waals surface area contributed by atoms with Crippen LogP contribution in [0.2, 0.25) is 0 Å². The molecule has 0 bridgehead atoms. The van der Waals surface area contributed by atoms with E-state index in [4.69, 9.17) is 18.9 Å². The monoisotopic (exact) mass is 640 g/mol. The summed E-state index contributed by atoms with van der Waals surface area (Å²) in [5.74, 6) is -0.668. The van der Waals surface area contributed by atoms with Gasteiger partial charge in [-0.15, -0.1) is 0 Å². The summed E-state index contributed by atoms with van der Waals surface area (Å²) in [4.78, 5) is 53.4. The lowest BCUT2D eigenvalue weighted by Gasteiger charge is -2.36. The molecule has 0 heterocycles. The molecule has 0 rings (SSSR count). The molecule has 0 aliphatic heterocycles. The molecule has 0 unspecified atom stereocenters. The molecule has 0 atom stereocenters. The normalized spacial score (nSPS) is 13.4. The van der Waals surface area contributed by atoms with Crippen LogP contribution in [0.3, 0.4) is 0 Å². The van der Waals surface area contributed by atoms with Crippen molar-refractivity contribution in [3.8, 4) is 0 Å². The Balaban J connectivity index is 6.60. The first-order valence-corrected chi connectivity index (χ1v) is 16.9. The lowest BCUT2D eigenvalue weighted by Crippen LogP contribution is -2.47. The maximum Gasteiger partial charge on any atom is 0.311 e. The van der Waals surface area contributed by atoms with E-state index in [1.54, 1.807) is 0 Å². The third-order valence-corrected chi connectivity index (χ3v) is 7.92. The van der Waals surface area contributed by atoms with Crippen molar-refractivity contribution in [3.63, 3.8) is 0 Å². The summed E-state index contributed by atoms with van der Waals surface area (Å²) in [5, 5.41) is 0.